The predicted octanol–water partition coefficient (Wildman–Crippen LogP) is 0.919. The van der Waals surface area contributed by atoms with E-state index < -0.39 is 0 Å². The van der Waals surface area contributed by atoms with E-state index in [-0.39, 0.29) is 11.8 Å². The van der Waals surface area contributed by atoms with Crippen molar-refractivity contribution in [1.29, 1.82) is 0 Å². The van der Waals surface area contributed by atoms with E-state index in [0.29, 0.717) is 29.4 Å². The van der Waals surface area contributed by atoms with E-state index >= 15 is 0 Å². The van der Waals surface area contributed by atoms with Crippen LogP contribution in [0.2, 0.25) is 0 Å². The number of carbonyl (C=O) groups excluding carboxylic acids is 2. The van der Waals surface area contributed by atoms with Crippen LogP contribution in [0, 0.1) is 5.92 Å². The summed E-state index contributed by atoms with van der Waals surface area (Å²) >= 11 is 3.91. The van der Waals surface area contributed by atoms with Crippen LogP contribution in [0.1, 0.15) is 15.9 Å². The van der Waals surface area contributed by atoms with E-state index in [0.717, 1.165) is 18.7 Å². The summed E-state index contributed by atoms with van der Waals surface area (Å²) in [5.74, 6) is 0.0619. The van der Waals surface area contributed by atoms with Crippen LogP contribution in [0.25, 0.3) is 6.08 Å². The van der Waals surface area contributed by atoms with Gasteiger partial charge in [-0.25, -0.2) is 0 Å². The zero-order valence-corrected chi connectivity index (χ0v) is 13.3. The fourth-order valence-electron chi connectivity index (χ4n) is 2.38. The smallest absolute Gasteiger partial charge is 0.272 e. The van der Waals surface area contributed by atoms with Crippen LogP contribution in [-0.4, -0.2) is 31.4 Å². The fourth-order valence-corrected chi connectivity index (χ4v) is 2.56. The van der Waals surface area contributed by atoms with Crippen molar-refractivity contribution in [3.05, 3.63) is 47.2 Å². The lowest BCUT2D eigenvalue weighted by atomic mass is 10.0. The van der Waals surface area contributed by atoms with Gasteiger partial charge in [0, 0.05) is 36.8 Å². The number of benzene rings is 1. The molecule has 1 fully saturated rings. The number of anilines is 1. The second-order valence-corrected chi connectivity index (χ2v) is 5.77. The molecule has 0 bridgehead atoms. The number of hydrogen-bond acceptors (Lipinski definition) is 5. The SMILES string of the molecule is O=C1Nc2cc(C(=O)NCC3CNC3)ccc2/C=C\C=C1NS. The number of nitrogens with one attached hydrogen (secondary N) is 4. The first-order valence-corrected chi connectivity index (χ1v) is 7.85. The summed E-state index contributed by atoms with van der Waals surface area (Å²) < 4.78 is 2.54. The van der Waals surface area contributed by atoms with E-state index in [2.05, 4.69) is 33.5 Å². The van der Waals surface area contributed by atoms with Crippen molar-refractivity contribution in [2.24, 2.45) is 5.92 Å². The lowest BCUT2D eigenvalue weighted by Crippen LogP contribution is -2.48. The fraction of sp³-hybridized carbons (Fsp3) is 0.250. The van der Waals surface area contributed by atoms with Crippen LogP contribution in [0.4, 0.5) is 5.69 Å². The maximum atomic E-state index is 12.2. The van der Waals surface area contributed by atoms with Crippen LogP contribution in [0.3, 0.4) is 0 Å². The molecule has 2 heterocycles. The Kier molecular flexibility index (Phi) is 4.68. The van der Waals surface area contributed by atoms with Gasteiger partial charge in [0.1, 0.15) is 5.70 Å². The number of rotatable bonds is 4. The minimum absolute atomic E-state index is 0.136. The molecule has 3 rings (SSSR count). The highest BCUT2D eigenvalue weighted by Gasteiger charge is 2.18. The number of carbonyl (C=O) groups is 2. The number of hydrogen-bond donors (Lipinski definition) is 5. The van der Waals surface area contributed by atoms with Gasteiger partial charge in [-0.2, -0.15) is 0 Å². The third-order valence-corrected chi connectivity index (χ3v) is 4.13. The Morgan fingerprint density at radius 1 is 1.35 bits per heavy atom. The molecule has 0 unspecified atom stereocenters. The molecule has 1 saturated heterocycles. The molecule has 0 aromatic heterocycles. The first kappa shape index (κ1) is 15.6. The van der Waals surface area contributed by atoms with Crippen molar-refractivity contribution in [3.63, 3.8) is 0 Å². The predicted molar refractivity (Wildman–Crippen MR) is 93.0 cm³/mol. The van der Waals surface area contributed by atoms with Gasteiger partial charge in [0.05, 0.1) is 0 Å². The van der Waals surface area contributed by atoms with Crippen molar-refractivity contribution in [2.45, 2.75) is 0 Å². The first-order chi connectivity index (χ1) is 11.2. The average Bonchev–Trinajstić information content (AvgIpc) is 2.49. The van der Waals surface area contributed by atoms with E-state index in [1.165, 1.54) is 0 Å². The summed E-state index contributed by atoms with van der Waals surface area (Å²) in [4.78, 5) is 24.3. The van der Waals surface area contributed by atoms with Gasteiger partial charge in [-0.3, -0.25) is 9.59 Å². The monoisotopic (exact) mass is 330 g/mol. The van der Waals surface area contributed by atoms with Crippen molar-refractivity contribution in [2.75, 3.05) is 25.0 Å². The highest BCUT2D eigenvalue weighted by Crippen LogP contribution is 2.22. The summed E-state index contributed by atoms with van der Waals surface area (Å²) in [7, 11) is 0. The lowest BCUT2D eigenvalue weighted by Gasteiger charge is -2.27. The summed E-state index contributed by atoms with van der Waals surface area (Å²) in [6.07, 6.45) is 5.26. The van der Waals surface area contributed by atoms with Crippen molar-refractivity contribution >= 4 is 36.4 Å². The van der Waals surface area contributed by atoms with Crippen LogP contribution in [0.5, 0.6) is 0 Å². The highest BCUT2D eigenvalue weighted by molar-refractivity contribution is 7.78. The van der Waals surface area contributed by atoms with Crippen LogP contribution in [-0.2, 0) is 4.79 Å². The summed E-state index contributed by atoms with van der Waals surface area (Å²) in [6, 6.07) is 5.26. The Bertz CT molecular complexity index is 695. The van der Waals surface area contributed by atoms with Gasteiger partial charge in [-0.05, 0) is 23.8 Å². The van der Waals surface area contributed by atoms with Gasteiger partial charge < -0.3 is 20.7 Å². The molecule has 4 N–H and O–H groups in total. The lowest BCUT2D eigenvalue weighted by molar-refractivity contribution is -0.113. The average molecular weight is 330 g/mol. The Labute approximate surface area is 140 Å². The molecule has 2 aliphatic heterocycles. The highest BCUT2D eigenvalue weighted by atomic mass is 32.1. The summed E-state index contributed by atoms with van der Waals surface area (Å²) in [6.45, 7) is 2.54. The molecule has 0 aliphatic carbocycles. The van der Waals surface area contributed by atoms with E-state index in [1.54, 1.807) is 24.3 Å². The second kappa shape index (κ2) is 6.89. The van der Waals surface area contributed by atoms with Gasteiger partial charge in [0.25, 0.3) is 11.8 Å². The van der Waals surface area contributed by atoms with Crippen LogP contribution in [0.15, 0.2) is 36.0 Å². The zero-order chi connectivity index (χ0) is 16.2. The minimum atomic E-state index is -0.302. The van der Waals surface area contributed by atoms with Crippen LogP contribution >= 0.6 is 12.8 Å². The molecular weight excluding hydrogens is 312 g/mol. The standard InChI is InChI=1S/C16H18N4O2S/c21-15(18-9-10-7-17-8-10)12-5-4-11-2-1-3-13(20-23)16(22)19-14(11)6-12/h1-6,10,17,20,23H,7-9H2,(H,18,21)(H,19,22). The van der Waals surface area contributed by atoms with Crippen molar-refractivity contribution in [1.82, 2.24) is 15.4 Å². The normalized spacial score (nSPS) is 18.5. The molecule has 1 aromatic rings. The molecule has 0 saturated carbocycles. The van der Waals surface area contributed by atoms with E-state index in [4.69, 9.17) is 0 Å². The molecular formula is C16H18N4O2S. The summed E-state index contributed by atoms with van der Waals surface area (Å²) in [5, 5.41) is 8.88. The molecule has 120 valence electrons. The molecule has 7 heteroatoms. The van der Waals surface area contributed by atoms with Gasteiger partial charge in [-0.1, -0.05) is 31.0 Å². The van der Waals surface area contributed by atoms with Crippen molar-refractivity contribution in [3.8, 4) is 0 Å². The third-order valence-electron chi connectivity index (χ3n) is 3.88. The van der Waals surface area contributed by atoms with Gasteiger partial charge in [0.2, 0.25) is 0 Å². The Morgan fingerprint density at radius 3 is 2.87 bits per heavy atom. The molecule has 0 radical (unpaired) electrons. The van der Waals surface area contributed by atoms with E-state index in [1.807, 2.05) is 12.1 Å². The van der Waals surface area contributed by atoms with Gasteiger partial charge >= 0.3 is 0 Å². The van der Waals surface area contributed by atoms with Gasteiger partial charge in [-0.15, -0.1) is 0 Å². The summed E-state index contributed by atoms with van der Waals surface area (Å²) in [5.41, 5.74) is 2.29. The number of fused-ring (bicyclic) bond motifs is 1. The molecule has 6 nitrogen and oxygen atoms in total. The Balaban J connectivity index is 1.76. The maximum absolute atomic E-state index is 12.2. The quantitative estimate of drug-likeness (QED) is 0.532. The molecule has 0 atom stereocenters. The third kappa shape index (κ3) is 3.57. The largest absolute Gasteiger partial charge is 0.352 e. The second-order valence-electron chi connectivity index (χ2n) is 5.54. The topological polar surface area (TPSA) is 82.3 Å². The zero-order valence-electron chi connectivity index (χ0n) is 12.4. The molecule has 23 heavy (non-hydrogen) atoms. The number of allylic oxidation sites excluding steroid dienone is 2. The molecule has 1 aromatic carbocycles. The van der Waals surface area contributed by atoms with Crippen molar-refractivity contribution < 1.29 is 9.59 Å². The Hall–Kier alpha value is -2.25. The number of thiol groups is 1. The molecule has 0 spiro atoms. The number of amides is 2. The molecule has 2 amide bonds. The molecule has 2 aliphatic rings. The van der Waals surface area contributed by atoms with Gasteiger partial charge in [0.15, 0.2) is 0 Å². The maximum Gasteiger partial charge on any atom is 0.272 e. The Morgan fingerprint density at radius 2 is 2.17 bits per heavy atom. The first-order valence-electron chi connectivity index (χ1n) is 7.40. The minimum Gasteiger partial charge on any atom is -0.352 e. The van der Waals surface area contributed by atoms with E-state index in [9.17, 15) is 9.59 Å². The van der Waals surface area contributed by atoms with Crippen LogP contribution < -0.4 is 20.7 Å².